The molecule has 2 aromatic rings. The maximum Gasteiger partial charge on any atom is 0.140 e. The van der Waals surface area contributed by atoms with E-state index in [-0.39, 0.29) is 12.1 Å². The molecule has 2 N–H and O–H groups in total. The monoisotopic (exact) mass is 348 g/mol. The van der Waals surface area contributed by atoms with E-state index >= 15 is 0 Å². The number of halogens is 1. The molecule has 0 saturated carbocycles. The van der Waals surface area contributed by atoms with Crippen molar-refractivity contribution < 1.29 is 4.74 Å². The van der Waals surface area contributed by atoms with Crippen molar-refractivity contribution in [2.24, 2.45) is 5.73 Å². The van der Waals surface area contributed by atoms with E-state index in [1.807, 2.05) is 30.5 Å². The Hall–Kier alpha value is -1.39. The van der Waals surface area contributed by atoms with Crippen LogP contribution in [-0.2, 0) is 0 Å². The minimum Gasteiger partial charge on any atom is -0.484 e. The van der Waals surface area contributed by atoms with E-state index in [4.69, 9.17) is 10.5 Å². The van der Waals surface area contributed by atoms with Crippen LogP contribution < -0.4 is 10.5 Å². The summed E-state index contributed by atoms with van der Waals surface area (Å²) in [7, 11) is 0. The first-order valence-corrected chi connectivity index (χ1v) is 7.91. The van der Waals surface area contributed by atoms with Crippen LogP contribution in [0.3, 0.4) is 0 Å². The lowest BCUT2D eigenvalue weighted by Gasteiger charge is -2.25. The maximum atomic E-state index is 6.24. The summed E-state index contributed by atoms with van der Waals surface area (Å²) in [5.41, 5.74) is 9.55. The third-order valence-electron chi connectivity index (χ3n) is 3.55. The Morgan fingerprint density at radius 1 is 1.29 bits per heavy atom. The van der Waals surface area contributed by atoms with Crippen LogP contribution in [0.2, 0.25) is 0 Å². The topological polar surface area (TPSA) is 48.1 Å². The molecule has 2 rings (SSSR count). The van der Waals surface area contributed by atoms with E-state index in [9.17, 15) is 0 Å². The number of benzene rings is 1. The lowest BCUT2D eigenvalue weighted by molar-refractivity contribution is 0.170. The summed E-state index contributed by atoms with van der Waals surface area (Å²) < 4.78 is 7.30. The normalized spacial score (nSPS) is 13.8. The number of hydrogen-bond acceptors (Lipinski definition) is 3. The average molecular weight is 349 g/mol. The fourth-order valence-electron chi connectivity index (χ4n) is 2.28. The van der Waals surface area contributed by atoms with Gasteiger partial charge in [0.15, 0.2) is 0 Å². The van der Waals surface area contributed by atoms with E-state index < -0.39 is 0 Å². The van der Waals surface area contributed by atoms with Gasteiger partial charge in [-0.25, -0.2) is 0 Å². The third-order valence-corrected chi connectivity index (χ3v) is 4.80. The Labute approximate surface area is 134 Å². The molecule has 0 aliphatic carbocycles. The smallest absolute Gasteiger partial charge is 0.140 e. The zero-order valence-corrected chi connectivity index (χ0v) is 14.2. The lowest BCUT2D eigenvalue weighted by atomic mass is 10.0. The van der Waals surface area contributed by atoms with Crippen molar-refractivity contribution in [1.29, 1.82) is 0 Å². The summed E-state index contributed by atoms with van der Waals surface area (Å²) in [6, 6.07) is 7.90. The average Bonchev–Trinajstić information content (AvgIpc) is 2.50. The molecule has 1 aromatic heterocycles. The van der Waals surface area contributed by atoms with Crippen molar-refractivity contribution in [3.8, 4) is 5.75 Å². The molecular formula is C17H21BrN2O. The number of hydrogen-bond donors (Lipinski definition) is 1. The Morgan fingerprint density at radius 2 is 1.95 bits per heavy atom. The molecule has 1 heterocycles. The van der Waals surface area contributed by atoms with Crippen LogP contribution in [-0.4, -0.2) is 11.0 Å². The first kappa shape index (κ1) is 16.0. The van der Waals surface area contributed by atoms with Crippen LogP contribution in [0.5, 0.6) is 5.75 Å². The lowest BCUT2D eigenvalue weighted by Crippen LogP contribution is -2.31. The molecule has 0 bridgehead atoms. The zero-order chi connectivity index (χ0) is 15.4. The number of aromatic nitrogens is 1. The van der Waals surface area contributed by atoms with Crippen molar-refractivity contribution in [3.63, 3.8) is 0 Å². The molecule has 0 fully saturated rings. The van der Waals surface area contributed by atoms with Crippen molar-refractivity contribution in [2.45, 2.75) is 39.3 Å². The predicted octanol–water partition coefficient (Wildman–Crippen LogP) is 4.32. The number of aryl methyl sites for hydroxylation is 2. The van der Waals surface area contributed by atoms with Crippen molar-refractivity contribution in [2.75, 3.05) is 0 Å². The largest absolute Gasteiger partial charge is 0.484 e. The molecule has 0 aliphatic rings. The highest BCUT2D eigenvalue weighted by atomic mass is 79.9. The number of rotatable bonds is 5. The second kappa shape index (κ2) is 7.05. The Bertz CT molecular complexity index is 578. The van der Waals surface area contributed by atoms with E-state index in [0.717, 1.165) is 33.3 Å². The van der Waals surface area contributed by atoms with Gasteiger partial charge in [0.2, 0.25) is 0 Å². The highest BCUT2D eigenvalue weighted by Gasteiger charge is 2.21. The molecule has 4 heteroatoms. The highest BCUT2D eigenvalue weighted by Crippen LogP contribution is 2.30. The van der Waals surface area contributed by atoms with Crippen molar-refractivity contribution in [3.05, 3.63) is 57.8 Å². The highest BCUT2D eigenvalue weighted by molar-refractivity contribution is 9.10. The Morgan fingerprint density at radius 3 is 2.48 bits per heavy atom. The SMILES string of the molecule is CCC(N)C(Oc1cc(C)c(Br)c(C)c1)c1cccnc1. The molecule has 0 spiro atoms. The van der Waals surface area contributed by atoms with Crippen molar-refractivity contribution >= 4 is 15.9 Å². The van der Waals surface area contributed by atoms with Gasteiger partial charge in [0.1, 0.15) is 11.9 Å². The summed E-state index contributed by atoms with van der Waals surface area (Å²) in [4.78, 5) is 4.17. The van der Waals surface area contributed by atoms with Crippen LogP contribution in [0.4, 0.5) is 0 Å². The van der Waals surface area contributed by atoms with Gasteiger partial charge in [-0.2, -0.15) is 0 Å². The summed E-state index contributed by atoms with van der Waals surface area (Å²) in [5.74, 6) is 0.839. The van der Waals surface area contributed by atoms with E-state index in [1.165, 1.54) is 0 Å². The number of ether oxygens (including phenoxy) is 1. The molecule has 0 amide bonds. The van der Waals surface area contributed by atoms with Gasteiger partial charge in [0.25, 0.3) is 0 Å². The minimum absolute atomic E-state index is 0.0709. The van der Waals surface area contributed by atoms with Crippen molar-refractivity contribution in [1.82, 2.24) is 4.98 Å². The second-order valence-corrected chi connectivity index (χ2v) is 6.06. The van der Waals surface area contributed by atoms with Crippen LogP contribution in [0.15, 0.2) is 41.1 Å². The molecule has 112 valence electrons. The van der Waals surface area contributed by atoms with Crippen LogP contribution in [0.25, 0.3) is 0 Å². The predicted molar refractivity (Wildman–Crippen MR) is 89.5 cm³/mol. The molecule has 2 atom stereocenters. The zero-order valence-electron chi connectivity index (χ0n) is 12.6. The first-order valence-electron chi connectivity index (χ1n) is 7.11. The molecule has 1 aromatic carbocycles. The molecule has 2 unspecified atom stereocenters. The molecule has 0 saturated heterocycles. The summed E-state index contributed by atoms with van der Waals surface area (Å²) in [6.07, 6.45) is 4.22. The van der Waals surface area contributed by atoms with Gasteiger partial charge in [0.05, 0.1) is 0 Å². The van der Waals surface area contributed by atoms with Gasteiger partial charge in [-0.3, -0.25) is 4.98 Å². The maximum absolute atomic E-state index is 6.24. The summed E-state index contributed by atoms with van der Waals surface area (Å²) in [6.45, 7) is 6.18. The molecule has 0 radical (unpaired) electrons. The fraction of sp³-hybridized carbons (Fsp3) is 0.353. The Kier molecular flexibility index (Phi) is 5.37. The molecule has 21 heavy (non-hydrogen) atoms. The first-order chi connectivity index (χ1) is 10.0. The van der Waals surface area contributed by atoms with E-state index in [1.54, 1.807) is 6.20 Å². The molecular weight excluding hydrogens is 328 g/mol. The van der Waals surface area contributed by atoms with Gasteiger partial charge in [-0.15, -0.1) is 0 Å². The van der Waals surface area contributed by atoms with Gasteiger partial charge in [0, 0.05) is 28.5 Å². The van der Waals surface area contributed by atoms with E-state index in [0.29, 0.717) is 0 Å². The summed E-state index contributed by atoms with van der Waals surface area (Å²) in [5, 5.41) is 0. The van der Waals surface area contributed by atoms with Gasteiger partial charge in [-0.1, -0.05) is 28.9 Å². The van der Waals surface area contributed by atoms with Gasteiger partial charge in [-0.05, 0) is 49.6 Å². The minimum atomic E-state index is -0.191. The van der Waals surface area contributed by atoms with Crippen LogP contribution in [0.1, 0.15) is 36.1 Å². The summed E-state index contributed by atoms with van der Waals surface area (Å²) >= 11 is 3.58. The van der Waals surface area contributed by atoms with Gasteiger partial charge < -0.3 is 10.5 Å². The van der Waals surface area contributed by atoms with E-state index in [2.05, 4.69) is 41.7 Å². The van der Waals surface area contributed by atoms with Crippen LogP contribution >= 0.6 is 15.9 Å². The number of nitrogens with zero attached hydrogens (tertiary/aromatic N) is 1. The Balaban J connectivity index is 2.32. The quantitative estimate of drug-likeness (QED) is 0.875. The molecule has 3 nitrogen and oxygen atoms in total. The number of pyridine rings is 1. The molecule has 0 aliphatic heterocycles. The standard InChI is InChI=1S/C17H21BrN2O/c1-4-15(19)17(13-6-5-7-20-10-13)21-14-8-11(2)16(18)12(3)9-14/h5-10,15,17H,4,19H2,1-3H3. The van der Waals surface area contributed by atoms with Crippen LogP contribution in [0, 0.1) is 13.8 Å². The fourth-order valence-corrected chi connectivity index (χ4v) is 2.51. The number of nitrogens with two attached hydrogens (primary N) is 1. The second-order valence-electron chi connectivity index (χ2n) is 5.27. The third kappa shape index (κ3) is 3.83. The van der Waals surface area contributed by atoms with Gasteiger partial charge >= 0.3 is 0 Å².